The summed E-state index contributed by atoms with van der Waals surface area (Å²) in [5.74, 6) is -2.64. The van der Waals surface area contributed by atoms with Crippen LogP contribution in [-0.4, -0.2) is 27.3 Å². The van der Waals surface area contributed by atoms with Crippen molar-refractivity contribution in [2.45, 2.75) is 77.0 Å². The number of rotatable bonds is 15. The zero-order valence-electron chi connectivity index (χ0n) is 13.9. The van der Waals surface area contributed by atoms with Crippen LogP contribution in [0.4, 0.5) is 0 Å². The minimum absolute atomic E-state index is 0.292. The van der Waals surface area contributed by atoms with E-state index in [1.807, 2.05) is 6.08 Å². The summed E-state index contributed by atoms with van der Waals surface area (Å²) in [6.07, 6.45) is 17.1. The van der Waals surface area contributed by atoms with Crippen molar-refractivity contribution in [3.8, 4) is 0 Å². The summed E-state index contributed by atoms with van der Waals surface area (Å²) in [7, 11) is 0. The van der Waals surface area contributed by atoms with Crippen molar-refractivity contribution in [2.24, 2.45) is 0 Å². The van der Waals surface area contributed by atoms with Crippen LogP contribution in [0.2, 0.25) is 0 Å². The third-order valence-electron chi connectivity index (χ3n) is 3.62. The molecule has 0 saturated carbocycles. The first-order valence-corrected chi connectivity index (χ1v) is 8.55. The molecule has 0 aliphatic heterocycles. The third kappa shape index (κ3) is 16.4. The molecule has 0 amide bonds. The third-order valence-corrected chi connectivity index (χ3v) is 3.62. The fourth-order valence-electron chi connectivity index (χ4n) is 2.28. The Kier molecular flexibility index (Phi) is 14.0. The Balaban J connectivity index is 3.25. The second kappa shape index (κ2) is 15.1. The molecular formula is C18H30O5. The highest BCUT2D eigenvalue weighted by Crippen LogP contribution is 2.12. The molecule has 0 aromatic heterocycles. The van der Waals surface area contributed by atoms with E-state index in [4.69, 9.17) is 15.3 Å². The van der Waals surface area contributed by atoms with Gasteiger partial charge in [0, 0.05) is 6.42 Å². The minimum Gasteiger partial charge on any atom is -0.502 e. The van der Waals surface area contributed by atoms with Gasteiger partial charge in [-0.25, -0.2) is 4.79 Å². The van der Waals surface area contributed by atoms with Gasteiger partial charge in [-0.2, -0.15) is 0 Å². The second-order valence-electron chi connectivity index (χ2n) is 5.75. The van der Waals surface area contributed by atoms with Crippen LogP contribution < -0.4 is 0 Å². The van der Waals surface area contributed by atoms with Gasteiger partial charge in [0.25, 0.3) is 0 Å². The quantitative estimate of drug-likeness (QED) is 0.173. The molecule has 0 rings (SSSR count). The lowest BCUT2D eigenvalue weighted by Crippen LogP contribution is -1.97. The van der Waals surface area contributed by atoms with Crippen molar-refractivity contribution < 1.29 is 24.9 Å². The number of carbonyl (C=O) groups is 2. The van der Waals surface area contributed by atoms with Gasteiger partial charge in [0.15, 0.2) is 0 Å². The number of aliphatic hydroxyl groups excluding tert-OH is 1. The average Bonchev–Trinajstić information content (AvgIpc) is 2.50. The van der Waals surface area contributed by atoms with Crippen LogP contribution in [0.25, 0.3) is 0 Å². The Morgan fingerprint density at radius 2 is 1.17 bits per heavy atom. The molecule has 5 nitrogen and oxygen atoms in total. The smallest absolute Gasteiger partial charge is 0.370 e. The molecule has 0 spiro atoms. The first-order chi connectivity index (χ1) is 11.0. The highest BCUT2D eigenvalue weighted by Gasteiger charge is 1.99. The van der Waals surface area contributed by atoms with Gasteiger partial charge in [0.1, 0.15) is 0 Å². The van der Waals surface area contributed by atoms with E-state index >= 15 is 0 Å². The lowest BCUT2D eigenvalue weighted by molar-refractivity contribution is -0.137. The van der Waals surface area contributed by atoms with Gasteiger partial charge in [-0.15, -0.1) is 0 Å². The van der Waals surface area contributed by atoms with Crippen molar-refractivity contribution in [2.75, 3.05) is 0 Å². The Labute approximate surface area is 138 Å². The Bertz CT molecular complexity index is 385. The monoisotopic (exact) mass is 326 g/mol. The van der Waals surface area contributed by atoms with Crippen LogP contribution in [0.5, 0.6) is 0 Å². The molecule has 0 fully saturated rings. The van der Waals surface area contributed by atoms with E-state index in [1.54, 1.807) is 6.08 Å². The zero-order valence-corrected chi connectivity index (χ0v) is 13.9. The molecule has 23 heavy (non-hydrogen) atoms. The summed E-state index contributed by atoms with van der Waals surface area (Å²) in [6.45, 7) is 0. The van der Waals surface area contributed by atoms with Gasteiger partial charge in [-0.1, -0.05) is 63.5 Å². The molecule has 132 valence electrons. The minimum atomic E-state index is -1.31. The molecular weight excluding hydrogens is 296 g/mol. The number of allylic oxidation sites excluding steroid dienone is 3. The molecule has 0 saturated heterocycles. The summed E-state index contributed by atoms with van der Waals surface area (Å²) in [4.78, 5) is 20.6. The predicted molar refractivity (Wildman–Crippen MR) is 90.5 cm³/mol. The fraction of sp³-hybridized carbons (Fsp3) is 0.667. The van der Waals surface area contributed by atoms with Gasteiger partial charge >= 0.3 is 11.9 Å². The molecule has 0 radical (unpaired) electrons. The molecule has 0 bridgehead atoms. The maximum Gasteiger partial charge on any atom is 0.370 e. The zero-order chi connectivity index (χ0) is 17.3. The summed E-state index contributed by atoms with van der Waals surface area (Å²) in [5.41, 5.74) is 0. The van der Waals surface area contributed by atoms with Gasteiger partial charge in [0.2, 0.25) is 5.76 Å². The van der Waals surface area contributed by atoms with Crippen molar-refractivity contribution in [3.63, 3.8) is 0 Å². The Morgan fingerprint density at radius 1 is 0.696 bits per heavy atom. The maximum absolute atomic E-state index is 10.3. The van der Waals surface area contributed by atoms with Gasteiger partial charge < -0.3 is 15.3 Å². The number of carboxylic acids is 2. The summed E-state index contributed by atoms with van der Waals surface area (Å²) < 4.78 is 0. The summed E-state index contributed by atoms with van der Waals surface area (Å²) in [6, 6.07) is 0. The highest BCUT2D eigenvalue weighted by molar-refractivity contribution is 5.83. The second-order valence-corrected chi connectivity index (χ2v) is 5.75. The number of aliphatic carboxylic acids is 2. The van der Waals surface area contributed by atoms with E-state index in [1.165, 1.54) is 38.2 Å². The number of hydrogen-bond donors (Lipinski definition) is 3. The molecule has 0 aromatic carbocycles. The maximum atomic E-state index is 10.3. The van der Waals surface area contributed by atoms with Gasteiger partial charge in [-0.3, -0.25) is 4.79 Å². The van der Waals surface area contributed by atoms with Crippen molar-refractivity contribution in [1.29, 1.82) is 0 Å². The molecule has 0 aliphatic carbocycles. The lowest BCUT2D eigenvalue weighted by atomic mass is 10.1. The highest BCUT2D eigenvalue weighted by atomic mass is 16.4. The molecule has 3 N–H and O–H groups in total. The Hall–Kier alpha value is -1.78. The van der Waals surface area contributed by atoms with E-state index in [9.17, 15) is 9.59 Å². The molecule has 0 heterocycles. The summed E-state index contributed by atoms with van der Waals surface area (Å²) >= 11 is 0. The van der Waals surface area contributed by atoms with E-state index < -0.39 is 17.7 Å². The topological polar surface area (TPSA) is 94.8 Å². The molecule has 5 heteroatoms. The van der Waals surface area contributed by atoms with E-state index in [-0.39, 0.29) is 0 Å². The molecule has 0 aliphatic rings. The normalized spacial score (nSPS) is 11.9. The largest absolute Gasteiger partial charge is 0.502 e. The first kappa shape index (κ1) is 21.2. The van der Waals surface area contributed by atoms with Crippen molar-refractivity contribution in [1.82, 2.24) is 0 Å². The molecule has 0 atom stereocenters. The average molecular weight is 326 g/mol. The Morgan fingerprint density at radius 3 is 1.65 bits per heavy atom. The van der Waals surface area contributed by atoms with Gasteiger partial charge in [0.05, 0.1) is 0 Å². The number of hydrogen-bond acceptors (Lipinski definition) is 3. The fourth-order valence-corrected chi connectivity index (χ4v) is 2.28. The standard InChI is InChI=1S/C18H30O5/c19-16(18(22)23)14-12-10-8-6-4-2-1-3-5-7-9-11-13-15-17(20)21/h10,12,14,19H,1-9,11,13,15H2,(H,20,21)(H,22,23). The van der Waals surface area contributed by atoms with Crippen LogP contribution >= 0.6 is 0 Å². The van der Waals surface area contributed by atoms with Crippen LogP contribution in [0.3, 0.4) is 0 Å². The van der Waals surface area contributed by atoms with Crippen LogP contribution in [0.15, 0.2) is 24.0 Å². The van der Waals surface area contributed by atoms with Crippen LogP contribution in [0, 0.1) is 0 Å². The number of aliphatic hydroxyl groups is 1. The van der Waals surface area contributed by atoms with Crippen molar-refractivity contribution >= 4 is 11.9 Å². The van der Waals surface area contributed by atoms with Crippen LogP contribution in [0.1, 0.15) is 77.0 Å². The number of carboxylic acid groups (broad SMARTS) is 2. The SMILES string of the molecule is O=C(O)CCCCCCCCCCCCC=CC=C(O)C(=O)O. The predicted octanol–water partition coefficient (Wildman–Crippen LogP) is 4.83. The first-order valence-electron chi connectivity index (χ1n) is 8.55. The lowest BCUT2D eigenvalue weighted by Gasteiger charge is -2.01. The van der Waals surface area contributed by atoms with E-state index in [0.29, 0.717) is 6.42 Å². The van der Waals surface area contributed by atoms with Gasteiger partial charge in [-0.05, 0) is 25.3 Å². The van der Waals surface area contributed by atoms with E-state index in [2.05, 4.69) is 0 Å². The van der Waals surface area contributed by atoms with E-state index in [0.717, 1.165) is 38.5 Å². The molecule has 0 aromatic rings. The molecule has 0 unspecified atom stereocenters. The van der Waals surface area contributed by atoms with Crippen LogP contribution in [-0.2, 0) is 9.59 Å². The number of unbranched alkanes of at least 4 members (excludes halogenated alkanes) is 10. The van der Waals surface area contributed by atoms with Crippen molar-refractivity contribution in [3.05, 3.63) is 24.0 Å². The summed E-state index contributed by atoms with van der Waals surface area (Å²) in [5, 5.41) is 25.9.